The average molecular weight is 198 g/mol. The van der Waals surface area contributed by atoms with Crippen molar-refractivity contribution in [1.82, 2.24) is 4.98 Å². The highest BCUT2D eigenvalue weighted by molar-refractivity contribution is 5.87. The largest absolute Gasteiger partial charge is 0.478 e. The Hall–Kier alpha value is -2.03. The molecule has 72 valence electrons. The van der Waals surface area contributed by atoms with Crippen LogP contribution in [0.4, 0.5) is 8.78 Å². The van der Waals surface area contributed by atoms with Crippen molar-refractivity contribution in [3.63, 3.8) is 0 Å². The van der Waals surface area contributed by atoms with E-state index < -0.39 is 23.7 Å². The molecule has 6 heteroatoms. The Labute approximate surface area is 77.4 Å². The van der Waals surface area contributed by atoms with Gasteiger partial charge in [-0.2, -0.15) is 5.26 Å². The van der Waals surface area contributed by atoms with Crippen molar-refractivity contribution in [2.24, 2.45) is 0 Å². The molecule has 0 radical (unpaired) electrons. The molecule has 0 fully saturated rings. The number of carboxylic acid groups (broad SMARTS) is 1. The summed E-state index contributed by atoms with van der Waals surface area (Å²) in [4.78, 5) is 13.6. The number of carboxylic acids is 1. The molecule has 1 aromatic rings. The van der Waals surface area contributed by atoms with Gasteiger partial charge in [0.2, 0.25) is 0 Å². The maximum Gasteiger partial charge on any atom is 0.337 e. The van der Waals surface area contributed by atoms with E-state index >= 15 is 0 Å². The summed E-state index contributed by atoms with van der Waals surface area (Å²) < 4.78 is 24.4. The molecule has 0 aliphatic carbocycles. The van der Waals surface area contributed by atoms with Crippen LogP contribution in [0.3, 0.4) is 0 Å². The summed E-state index contributed by atoms with van der Waals surface area (Å²) in [5.41, 5.74) is -1.40. The molecule has 0 aromatic carbocycles. The van der Waals surface area contributed by atoms with Gasteiger partial charge in [0.25, 0.3) is 6.43 Å². The quantitative estimate of drug-likeness (QED) is 0.782. The Morgan fingerprint density at radius 3 is 2.71 bits per heavy atom. The number of carbonyl (C=O) groups is 1. The molecule has 0 saturated heterocycles. The van der Waals surface area contributed by atoms with Crippen molar-refractivity contribution in [2.45, 2.75) is 6.43 Å². The molecule has 0 spiro atoms. The van der Waals surface area contributed by atoms with Crippen molar-refractivity contribution >= 4 is 5.97 Å². The highest BCUT2D eigenvalue weighted by Gasteiger charge is 2.16. The number of hydrogen-bond acceptors (Lipinski definition) is 3. The Kier molecular flexibility index (Phi) is 2.72. The maximum atomic E-state index is 12.2. The summed E-state index contributed by atoms with van der Waals surface area (Å²) >= 11 is 0. The van der Waals surface area contributed by atoms with Crippen LogP contribution in [-0.2, 0) is 0 Å². The van der Waals surface area contributed by atoms with E-state index in [0.717, 1.165) is 12.3 Å². The third kappa shape index (κ3) is 1.82. The highest BCUT2D eigenvalue weighted by atomic mass is 19.3. The van der Waals surface area contributed by atoms with E-state index in [-0.39, 0.29) is 5.56 Å². The summed E-state index contributed by atoms with van der Waals surface area (Å²) in [6, 6.07) is 2.34. The van der Waals surface area contributed by atoms with E-state index in [1.807, 2.05) is 0 Å². The predicted molar refractivity (Wildman–Crippen MR) is 40.9 cm³/mol. The second kappa shape index (κ2) is 3.79. The minimum absolute atomic E-state index is 0.286. The zero-order valence-corrected chi connectivity index (χ0v) is 6.74. The van der Waals surface area contributed by atoms with Crippen molar-refractivity contribution in [3.8, 4) is 6.07 Å². The molecule has 1 rings (SSSR count). The number of nitriles is 1. The van der Waals surface area contributed by atoms with E-state index in [1.54, 1.807) is 0 Å². The lowest BCUT2D eigenvalue weighted by Crippen LogP contribution is -2.02. The predicted octanol–water partition coefficient (Wildman–Crippen LogP) is 1.59. The van der Waals surface area contributed by atoms with Gasteiger partial charge in [0.1, 0.15) is 11.8 Å². The second-order valence-corrected chi connectivity index (χ2v) is 2.37. The summed E-state index contributed by atoms with van der Waals surface area (Å²) in [5.74, 6) is -1.31. The summed E-state index contributed by atoms with van der Waals surface area (Å²) in [5, 5.41) is 17.0. The Balaban J connectivity index is 3.27. The monoisotopic (exact) mass is 198 g/mol. The molecule has 0 amide bonds. The summed E-state index contributed by atoms with van der Waals surface area (Å²) in [6.45, 7) is 0. The Morgan fingerprint density at radius 1 is 1.64 bits per heavy atom. The normalized spacial score (nSPS) is 9.86. The molecule has 14 heavy (non-hydrogen) atoms. The zero-order chi connectivity index (χ0) is 10.7. The number of aromatic nitrogens is 1. The average Bonchev–Trinajstić information content (AvgIpc) is 2.16. The van der Waals surface area contributed by atoms with Crippen LogP contribution < -0.4 is 0 Å². The van der Waals surface area contributed by atoms with Gasteiger partial charge < -0.3 is 5.11 Å². The molecule has 1 N–H and O–H groups in total. The van der Waals surface area contributed by atoms with Crippen LogP contribution in [0.2, 0.25) is 0 Å². The van der Waals surface area contributed by atoms with Crippen molar-refractivity contribution in [1.29, 1.82) is 5.26 Å². The lowest BCUT2D eigenvalue weighted by molar-refractivity contribution is 0.0695. The fraction of sp³-hybridized carbons (Fsp3) is 0.125. The zero-order valence-electron chi connectivity index (χ0n) is 6.74. The van der Waals surface area contributed by atoms with Crippen LogP contribution >= 0.6 is 0 Å². The molecular weight excluding hydrogens is 194 g/mol. The number of nitrogens with zero attached hydrogens (tertiary/aromatic N) is 2. The Bertz CT molecular complexity index is 412. The lowest BCUT2D eigenvalue weighted by Gasteiger charge is -2.01. The lowest BCUT2D eigenvalue weighted by atomic mass is 10.1. The third-order valence-corrected chi connectivity index (χ3v) is 1.49. The molecule has 0 unspecified atom stereocenters. The van der Waals surface area contributed by atoms with Gasteiger partial charge in [-0.05, 0) is 6.07 Å². The molecule has 0 bridgehead atoms. The highest BCUT2D eigenvalue weighted by Crippen LogP contribution is 2.20. The van der Waals surface area contributed by atoms with Crippen LogP contribution in [0.1, 0.15) is 28.0 Å². The Morgan fingerprint density at radius 2 is 2.29 bits per heavy atom. The van der Waals surface area contributed by atoms with E-state index in [1.165, 1.54) is 6.07 Å². The summed E-state index contributed by atoms with van der Waals surface area (Å²) in [7, 11) is 0. The van der Waals surface area contributed by atoms with Crippen LogP contribution in [0, 0.1) is 11.3 Å². The van der Waals surface area contributed by atoms with Crippen molar-refractivity contribution in [3.05, 3.63) is 29.1 Å². The van der Waals surface area contributed by atoms with Gasteiger partial charge in [-0.15, -0.1) is 0 Å². The first kappa shape index (κ1) is 10.1. The molecule has 4 nitrogen and oxygen atoms in total. The number of pyridine rings is 1. The van der Waals surface area contributed by atoms with Crippen LogP contribution in [0.15, 0.2) is 12.3 Å². The summed E-state index contributed by atoms with van der Waals surface area (Å²) in [6.07, 6.45) is -2.09. The second-order valence-electron chi connectivity index (χ2n) is 2.37. The van der Waals surface area contributed by atoms with Gasteiger partial charge in [-0.3, -0.25) is 4.98 Å². The van der Waals surface area contributed by atoms with Gasteiger partial charge in [-0.1, -0.05) is 0 Å². The molecule has 1 aromatic heterocycles. The van der Waals surface area contributed by atoms with Crippen LogP contribution in [0.25, 0.3) is 0 Å². The van der Waals surface area contributed by atoms with Crippen molar-refractivity contribution in [2.75, 3.05) is 0 Å². The minimum atomic E-state index is -2.88. The molecule has 0 atom stereocenters. The van der Waals surface area contributed by atoms with E-state index in [2.05, 4.69) is 4.98 Å². The molecule has 1 heterocycles. The van der Waals surface area contributed by atoms with E-state index in [9.17, 15) is 13.6 Å². The van der Waals surface area contributed by atoms with Crippen LogP contribution in [0.5, 0.6) is 0 Å². The number of hydrogen-bond donors (Lipinski definition) is 1. The minimum Gasteiger partial charge on any atom is -0.478 e. The van der Waals surface area contributed by atoms with E-state index in [0.29, 0.717) is 0 Å². The molecular formula is C8H4F2N2O2. The molecule has 0 aliphatic heterocycles. The van der Waals surface area contributed by atoms with Gasteiger partial charge in [0.15, 0.2) is 0 Å². The molecule has 0 saturated carbocycles. The SMILES string of the molecule is N#Cc1cc(C(=O)O)cnc1C(F)F. The number of rotatable bonds is 2. The first-order valence-electron chi connectivity index (χ1n) is 3.47. The first-order valence-corrected chi connectivity index (χ1v) is 3.47. The molecule has 0 aliphatic rings. The topological polar surface area (TPSA) is 74.0 Å². The van der Waals surface area contributed by atoms with Gasteiger partial charge in [0.05, 0.1) is 11.1 Å². The van der Waals surface area contributed by atoms with Crippen LogP contribution in [-0.4, -0.2) is 16.1 Å². The first-order chi connectivity index (χ1) is 6.56. The van der Waals surface area contributed by atoms with Crippen molar-refractivity contribution < 1.29 is 18.7 Å². The third-order valence-electron chi connectivity index (χ3n) is 1.49. The fourth-order valence-electron chi connectivity index (χ4n) is 0.856. The van der Waals surface area contributed by atoms with Gasteiger partial charge in [0, 0.05) is 6.20 Å². The van der Waals surface area contributed by atoms with Gasteiger partial charge in [-0.25, -0.2) is 13.6 Å². The number of aromatic carboxylic acids is 1. The standard InChI is InChI=1S/C8H4F2N2O2/c9-7(10)6-4(2-11)1-5(3-12-6)8(13)14/h1,3,7H,(H,13,14). The number of halogens is 2. The van der Waals surface area contributed by atoms with E-state index in [4.69, 9.17) is 10.4 Å². The number of alkyl halides is 2. The maximum absolute atomic E-state index is 12.2. The smallest absolute Gasteiger partial charge is 0.337 e. The van der Waals surface area contributed by atoms with Gasteiger partial charge >= 0.3 is 5.97 Å². The fourth-order valence-corrected chi connectivity index (χ4v) is 0.856.